The van der Waals surface area contributed by atoms with Gasteiger partial charge in [0.2, 0.25) is 10.0 Å². The first kappa shape index (κ1) is 11.2. The second-order valence-corrected chi connectivity index (χ2v) is 4.97. The summed E-state index contributed by atoms with van der Waals surface area (Å²) in [5.74, 6) is 0. The number of nitrogens with two attached hydrogens (primary N) is 1. The minimum Gasteiger partial charge on any atom is -0.323 e. The molecule has 5 heteroatoms. The Morgan fingerprint density at radius 3 is 2.43 bits per heavy atom. The monoisotopic (exact) mass is 214 g/mol. The van der Waals surface area contributed by atoms with Crippen LogP contribution in [0.15, 0.2) is 30.3 Å². The Hall–Kier alpha value is -0.910. The second kappa shape index (κ2) is 4.54. The summed E-state index contributed by atoms with van der Waals surface area (Å²) in [5, 5.41) is 0. The highest BCUT2D eigenvalue weighted by Gasteiger charge is 2.07. The van der Waals surface area contributed by atoms with Gasteiger partial charge in [0.25, 0.3) is 0 Å². The van der Waals surface area contributed by atoms with Crippen molar-refractivity contribution in [3.05, 3.63) is 35.9 Å². The van der Waals surface area contributed by atoms with Crippen LogP contribution < -0.4 is 10.5 Å². The number of rotatable bonds is 4. The van der Waals surface area contributed by atoms with Crippen molar-refractivity contribution in [2.24, 2.45) is 5.73 Å². The van der Waals surface area contributed by atoms with E-state index in [2.05, 4.69) is 4.72 Å². The molecule has 0 aromatic heterocycles. The van der Waals surface area contributed by atoms with Gasteiger partial charge in [-0.15, -0.1) is 0 Å². The molecule has 0 spiro atoms. The van der Waals surface area contributed by atoms with Gasteiger partial charge in [-0.1, -0.05) is 30.3 Å². The topological polar surface area (TPSA) is 72.2 Å². The molecule has 0 fully saturated rings. The standard InChI is InChI=1S/C9H14N2O2S/c1-14(12,13)11-7-9(10)8-5-3-2-4-6-8/h2-6,9,11H,7,10H2,1H3. The van der Waals surface area contributed by atoms with Gasteiger partial charge in [-0.2, -0.15) is 0 Å². The first-order valence-electron chi connectivity index (χ1n) is 4.24. The van der Waals surface area contributed by atoms with E-state index < -0.39 is 10.0 Å². The molecule has 0 saturated carbocycles. The molecule has 0 heterocycles. The third-order valence-corrected chi connectivity index (χ3v) is 2.48. The zero-order valence-corrected chi connectivity index (χ0v) is 8.79. The zero-order chi connectivity index (χ0) is 10.6. The average molecular weight is 214 g/mol. The molecular formula is C9H14N2O2S. The largest absolute Gasteiger partial charge is 0.323 e. The highest BCUT2D eigenvalue weighted by Crippen LogP contribution is 2.07. The van der Waals surface area contributed by atoms with Crippen molar-refractivity contribution in [1.82, 2.24) is 4.72 Å². The highest BCUT2D eigenvalue weighted by atomic mass is 32.2. The average Bonchev–Trinajstić information content (AvgIpc) is 2.14. The predicted octanol–water partition coefficient (Wildman–Crippen LogP) is 0.236. The number of sulfonamides is 1. The summed E-state index contributed by atoms with van der Waals surface area (Å²) < 4.78 is 24.0. The number of hydrogen-bond acceptors (Lipinski definition) is 3. The molecule has 0 aliphatic rings. The fourth-order valence-corrected chi connectivity index (χ4v) is 1.54. The Labute approximate surface area is 84.2 Å². The van der Waals surface area contributed by atoms with E-state index in [9.17, 15) is 8.42 Å². The van der Waals surface area contributed by atoms with E-state index in [0.717, 1.165) is 11.8 Å². The van der Waals surface area contributed by atoms with Crippen LogP contribution in [0, 0.1) is 0 Å². The molecule has 0 bridgehead atoms. The van der Waals surface area contributed by atoms with E-state index in [1.165, 1.54) is 0 Å². The van der Waals surface area contributed by atoms with Crippen molar-refractivity contribution in [3.63, 3.8) is 0 Å². The van der Waals surface area contributed by atoms with Crippen LogP contribution in [0.1, 0.15) is 11.6 Å². The van der Waals surface area contributed by atoms with Gasteiger partial charge in [0.05, 0.1) is 6.26 Å². The third kappa shape index (κ3) is 3.87. The summed E-state index contributed by atoms with van der Waals surface area (Å²) >= 11 is 0. The normalized spacial score (nSPS) is 13.9. The summed E-state index contributed by atoms with van der Waals surface area (Å²) in [4.78, 5) is 0. The maximum Gasteiger partial charge on any atom is 0.208 e. The van der Waals surface area contributed by atoms with Crippen LogP contribution in [0.2, 0.25) is 0 Å². The van der Waals surface area contributed by atoms with Gasteiger partial charge < -0.3 is 5.73 Å². The van der Waals surface area contributed by atoms with Crippen LogP contribution in [-0.4, -0.2) is 21.2 Å². The Morgan fingerprint density at radius 1 is 1.36 bits per heavy atom. The fourth-order valence-electron chi connectivity index (χ4n) is 1.06. The molecule has 3 N–H and O–H groups in total. The highest BCUT2D eigenvalue weighted by molar-refractivity contribution is 7.88. The van der Waals surface area contributed by atoms with Crippen molar-refractivity contribution in [1.29, 1.82) is 0 Å². The van der Waals surface area contributed by atoms with Crippen LogP contribution in [0.3, 0.4) is 0 Å². The SMILES string of the molecule is CS(=O)(=O)NCC(N)c1ccccc1. The maximum absolute atomic E-state index is 10.8. The lowest BCUT2D eigenvalue weighted by Gasteiger charge is -2.11. The molecule has 1 aromatic carbocycles. The lowest BCUT2D eigenvalue weighted by molar-refractivity contribution is 0.578. The van der Waals surface area contributed by atoms with Gasteiger partial charge in [0.15, 0.2) is 0 Å². The van der Waals surface area contributed by atoms with E-state index in [-0.39, 0.29) is 12.6 Å². The zero-order valence-electron chi connectivity index (χ0n) is 7.97. The Kier molecular flexibility index (Phi) is 3.62. The quantitative estimate of drug-likeness (QED) is 0.754. The van der Waals surface area contributed by atoms with Crippen molar-refractivity contribution < 1.29 is 8.42 Å². The van der Waals surface area contributed by atoms with E-state index in [4.69, 9.17) is 5.73 Å². The van der Waals surface area contributed by atoms with Crippen LogP contribution in [-0.2, 0) is 10.0 Å². The van der Waals surface area contributed by atoms with Crippen LogP contribution in [0.5, 0.6) is 0 Å². The molecule has 14 heavy (non-hydrogen) atoms. The molecule has 0 amide bonds. The van der Waals surface area contributed by atoms with Crippen LogP contribution in [0.4, 0.5) is 0 Å². The number of hydrogen-bond donors (Lipinski definition) is 2. The minimum absolute atomic E-state index is 0.225. The summed E-state index contributed by atoms with van der Waals surface area (Å²) in [5.41, 5.74) is 6.70. The van der Waals surface area contributed by atoms with Crippen molar-refractivity contribution in [3.8, 4) is 0 Å². The van der Waals surface area contributed by atoms with Crippen molar-refractivity contribution in [2.45, 2.75) is 6.04 Å². The molecule has 0 aliphatic heterocycles. The molecule has 1 atom stereocenters. The molecule has 78 valence electrons. The van der Waals surface area contributed by atoms with E-state index in [1.54, 1.807) is 0 Å². The minimum atomic E-state index is -3.16. The van der Waals surface area contributed by atoms with Gasteiger partial charge in [-0.25, -0.2) is 13.1 Å². The first-order chi connectivity index (χ1) is 6.49. The molecule has 1 unspecified atom stereocenters. The molecule has 0 aliphatic carbocycles. The van der Waals surface area contributed by atoms with Gasteiger partial charge in [-0.3, -0.25) is 0 Å². The fraction of sp³-hybridized carbons (Fsp3) is 0.333. The van der Waals surface area contributed by atoms with E-state index >= 15 is 0 Å². The lowest BCUT2D eigenvalue weighted by atomic mass is 10.1. The van der Waals surface area contributed by atoms with Crippen molar-refractivity contribution in [2.75, 3.05) is 12.8 Å². The maximum atomic E-state index is 10.8. The van der Waals surface area contributed by atoms with Crippen LogP contribution in [0.25, 0.3) is 0 Å². The van der Waals surface area contributed by atoms with Gasteiger partial charge in [0, 0.05) is 12.6 Å². The third-order valence-electron chi connectivity index (χ3n) is 1.79. The Bertz CT molecular complexity index is 375. The van der Waals surface area contributed by atoms with Crippen molar-refractivity contribution >= 4 is 10.0 Å². The molecule has 0 saturated heterocycles. The van der Waals surface area contributed by atoms with Gasteiger partial charge in [-0.05, 0) is 5.56 Å². The molecule has 4 nitrogen and oxygen atoms in total. The summed E-state index contributed by atoms with van der Waals surface area (Å²) in [7, 11) is -3.16. The number of nitrogens with one attached hydrogen (secondary N) is 1. The first-order valence-corrected chi connectivity index (χ1v) is 6.13. The summed E-state index contributed by atoms with van der Waals surface area (Å²) in [6, 6.07) is 9.07. The molecule has 1 aromatic rings. The van der Waals surface area contributed by atoms with E-state index in [0.29, 0.717) is 0 Å². The second-order valence-electron chi connectivity index (χ2n) is 3.14. The number of benzene rings is 1. The predicted molar refractivity (Wildman–Crippen MR) is 56.2 cm³/mol. The lowest BCUT2D eigenvalue weighted by Crippen LogP contribution is -2.31. The smallest absolute Gasteiger partial charge is 0.208 e. The molecule has 1 rings (SSSR count). The summed E-state index contributed by atoms with van der Waals surface area (Å²) in [6.45, 7) is 0.225. The summed E-state index contributed by atoms with van der Waals surface area (Å²) in [6.07, 6.45) is 1.12. The van der Waals surface area contributed by atoms with Gasteiger partial charge in [0.1, 0.15) is 0 Å². The molecular weight excluding hydrogens is 200 g/mol. The Balaban J connectivity index is 2.56. The van der Waals surface area contributed by atoms with Gasteiger partial charge >= 0.3 is 0 Å². The Morgan fingerprint density at radius 2 is 1.93 bits per heavy atom. The van der Waals surface area contributed by atoms with Crippen LogP contribution >= 0.6 is 0 Å². The van der Waals surface area contributed by atoms with E-state index in [1.807, 2.05) is 30.3 Å². The molecule has 0 radical (unpaired) electrons.